The summed E-state index contributed by atoms with van der Waals surface area (Å²) in [4.78, 5) is 1.36. The Labute approximate surface area is 88.1 Å². The second kappa shape index (κ2) is 7.34. The summed E-state index contributed by atoms with van der Waals surface area (Å²) in [5, 5.41) is 0. The molecule has 0 aromatic heterocycles. The van der Waals surface area contributed by atoms with Gasteiger partial charge < -0.3 is 4.90 Å². The minimum absolute atomic E-state index is 1.27. The minimum Gasteiger partial charge on any atom is -0.307 e. The molecule has 0 amide bonds. The predicted molar refractivity (Wildman–Crippen MR) is 65.0 cm³/mol. The van der Waals surface area contributed by atoms with E-state index in [-0.39, 0.29) is 0 Å². The van der Waals surface area contributed by atoms with Crippen molar-refractivity contribution in [2.45, 2.75) is 20.8 Å². The van der Waals surface area contributed by atoms with Gasteiger partial charge in [0.05, 0.1) is 14.1 Å². The number of hydrogen-bond acceptors (Lipinski definition) is 0. The van der Waals surface area contributed by atoms with Gasteiger partial charge in [-0.15, -0.1) is 0 Å². The van der Waals surface area contributed by atoms with Crippen LogP contribution < -0.4 is 4.90 Å². The zero-order valence-electron chi connectivity index (χ0n) is 9.96. The molecule has 14 heavy (non-hydrogen) atoms. The molecule has 0 saturated heterocycles. The summed E-state index contributed by atoms with van der Waals surface area (Å²) in [6.45, 7) is 6.03. The lowest BCUT2D eigenvalue weighted by Gasteiger charge is -2.05. The van der Waals surface area contributed by atoms with Crippen molar-refractivity contribution in [3.05, 3.63) is 35.9 Å². The van der Waals surface area contributed by atoms with Crippen LogP contribution in [0.15, 0.2) is 30.3 Å². The maximum Gasteiger partial charge on any atom is 0.130 e. The first kappa shape index (κ1) is 12.9. The SMILES string of the molecule is C/C=C/c1ccc([NH+](C)C)cc1.CC. The van der Waals surface area contributed by atoms with Crippen molar-refractivity contribution in [1.29, 1.82) is 0 Å². The zero-order valence-corrected chi connectivity index (χ0v) is 9.96. The molecule has 0 saturated carbocycles. The molecule has 0 atom stereocenters. The van der Waals surface area contributed by atoms with E-state index in [9.17, 15) is 0 Å². The van der Waals surface area contributed by atoms with E-state index in [1.807, 2.05) is 20.8 Å². The predicted octanol–water partition coefficient (Wildman–Crippen LogP) is 2.52. The molecule has 0 heterocycles. The van der Waals surface area contributed by atoms with E-state index in [4.69, 9.17) is 0 Å². The van der Waals surface area contributed by atoms with Crippen molar-refractivity contribution in [3.63, 3.8) is 0 Å². The van der Waals surface area contributed by atoms with Gasteiger partial charge >= 0.3 is 0 Å². The number of quaternary nitrogens is 1. The molecule has 0 radical (unpaired) electrons. The third-order valence-electron chi connectivity index (χ3n) is 1.85. The lowest BCUT2D eigenvalue weighted by atomic mass is 10.2. The van der Waals surface area contributed by atoms with Crippen molar-refractivity contribution in [1.82, 2.24) is 0 Å². The van der Waals surface area contributed by atoms with Crippen molar-refractivity contribution < 1.29 is 4.90 Å². The molecule has 0 aliphatic carbocycles. The standard InChI is InChI=1S/C11H15N.C2H6/c1-4-5-10-6-8-11(9-7-10)12(2)3;1-2/h4-9H,1-3H3;1-2H3/p+1/b5-4+;. The molecule has 1 heteroatoms. The fraction of sp³-hybridized carbons (Fsp3) is 0.385. The Morgan fingerprint density at radius 3 is 1.86 bits per heavy atom. The number of nitrogens with one attached hydrogen (secondary N) is 1. The van der Waals surface area contributed by atoms with Crippen molar-refractivity contribution in [2.24, 2.45) is 0 Å². The van der Waals surface area contributed by atoms with Crippen LogP contribution >= 0.6 is 0 Å². The van der Waals surface area contributed by atoms with Gasteiger partial charge in [0.1, 0.15) is 5.69 Å². The normalized spacial score (nSPS) is 10.1. The summed E-state index contributed by atoms with van der Waals surface area (Å²) < 4.78 is 0. The Kier molecular flexibility index (Phi) is 6.77. The van der Waals surface area contributed by atoms with Gasteiger partial charge in [0.2, 0.25) is 0 Å². The van der Waals surface area contributed by atoms with E-state index in [0.717, 1.165) is 0 Å². The van der Waals surface area contributed by atoms with E-state index >= 15 is 0 Å². The van der Waals surface area contributed by atoms with Gasteiger partial charge in [-0.25, -0.2) is 0 Å². The molecular formula is C13H22N+. The Bertz CT molecular complexity index is 257. The van der Waals surface area contributed by atoms with Gasteiger partial charge in [-0.3, -0.25) is 0 Å². The third kappa shape index (κ3) is 4.24. The number of allylic oxidation sites excluding steroid dienone is 1. The summed E-state index contributed by atoms with van der Waals surface area (Å²) in [5.41, 5.74) is 2.59. The lowest BCUT2D eigenvalue weighted by Crippen LogP contribution is -3.00. The molecule has 78 valence electrons. The second-order valence-corrected chi connectivity index (χ2v) is 3.12. The van der Waals surface area contributed by atoms with Crippen LogP contribution in [0.4, 0.5) is 5.69 Å². The fourth-order valence-corrected chi connectivity index (χ4v) is 1.12. The quantitative estimate of drug-likeness (QED) is 0.734. The lowest BCUT2D eigenvalue weighted by molar-refractivity contribution is -0.786. The summed E-state index contributed by atoms with van der Waals surface area (Å²) in [7, 11) is 4.26. The van der Waals surface area contributed by atoms with Crippen molar-refractivity contribution in [2.75, 3.05) is 14.1 Å². The summed E-state index contributed by atoms with van der Waals surface area (Å²) >= 11 is 0. The van der Waals surface area contributed by atoms with Crippen LogP contribution in [0.2, 0.25) is 0 Å². The van der Waals surface area contributed by atoms with Crippen LogP contribution in [0.5, 0.6) is 0 Å². The maximum atomic E-state index is 2.16. The average molecular weight is 192 g/mol. The number of rotatable bonds is 2. The summed E-state index contributed by atoms with van der Waals surface area (Å²) in [6, 6.07) is 8.60. The molecule has 0 fully saturated rings. The summed E-state index contributed by atoms with van der Waals surface area (Å²) in [6.07, 6.45) is 4.16. The van der Waals surface area contributed by atoms with Crippen molar-refractivity contribution >= 4 is 11.8 Å². The van der Waals surface area contributed by atoms with Gasteiger partial charge in [-0.2, -0.15) is 0 Å². The van der Waals surface area contributed by atoms with E-state index < -0.39 is 0 Å². The maximum absolute atomic E-state index is 2.16. The Hall–Kier alpha value is -1.08. The zero-order chi connectivity index (χ0) is 11.0. The molecule has 0 bridgehead atoms. The molecule has 1 rings (SSSR count). The number of hydrogen-bond donors (Lipinski definition) is 1. The smallest absolute Gasteiger partial charge is 0.130 e. The minimum atomic E-state index is 1.27. The Balaban J connectivity index is 0.000000791. The Morgan fingerprint density at radius 1 is 1.00 bits per heavy atom. The highest BCUT2D eigenvalue weighted by atomic mass is 15.1. The molecule has 0 unspecified atom stereocenters. The van der Waals surface area contributed by atoms with Gasteiger partial charge in [0, 0.05) is 0 Å². The molecular weight excluding hydrogens is 170 g/mol. The Morgan fingerprint density at radius 2 is 1.50 bits per heavy atom. The van der Waals surface area contributed by atoms with E-state index in [1.165, 1.54) is 16.2 Å². The van der Waals surface area contributed by atoms with Crippen LogP contribution in [-0.4, -0.2) is 14.1 Å². The average Bonchev–Trinajstić information content (AvgIpc) is 2.22. The fourth-order valence-electron chi connectivity index (χ4n) is 1.12. The van der Waals surface area contributed by atoms with E-state index in [2.05, 4.69) is 50.5 Å². The van der Waals surface area contributed by atoms with E-state index in [1.54, 1.807) is 0 Å². The first-order valence-corrected chi connectivity index (χ1v) is 5.27. The molecule has 1 N–H and O–H groups in total. The van der Waals surface area contributed by atoms with Gasteiger partial charge in [-0.05, 0) is 36.8 Å². The van der Waals surface area contributed by atoms with Gasteiger partial charge in [0.15, 0.2) is 0 Å². The van der Waals surface area contributed by atoms with Crippen LogP contribution in [-0.2, 0) is 0 Å². The summed E-state index contributed by atoms with van der Waals surface area (Å²) in [5.74, 6) is 0. The monoisotopic (exact) mass is 192 g/mol. The number of benzene rings is 1. The highest BCUT2D eigenvalue weighted by molar-refractivity contribution is 5.51. The third-order valence-corrected chi connectivity index (χ3v) is 1.85. The van der Waals surface area contributed by atoms with Crippen LogP contribution in [0.3, 0.4) is 0 Å². The first-order chi connectivity index (χ1) is 6.74. The topological polar surface area (TPSA) is 4.44 Å². The van der Waals surface area contributed by atoms with Crippen LogP contribution in [0.1, 0.15) is 26.3 Å². The van der Waals surface area contributed by atoms with Gasteiger partial charge in [-0.1, -0.05) is 26.0 Å². The van der Waals surface area contributed by atoms with Gasteiger partial charge in [0.25, 0.3) is 0 Å². The molecule has 1 nitrogen and oxygen atoms in total. The molecule has 0 spiro atoms. The molecule has 0 aliphatic rings. The molecule has 1 aromatic carbocycles. The molecule has 0 aliphatic heterocycles. The largest absolute Gasteiger partial charge is 0.307 e. The van der Waals surface area contributed by atoms with Crippen LogP contribution in [0.25, 0.3) is 6.08 Å². The van der Waals surface area contributed by atoms with E-state index in [0.29, 0.717) is 0 Å². The second-order valence-electron chi connectivity index (χ2n) is 3.12. The first-order valence-electron chi connectivity index (χ1n) is 5.27. The van der Waals surface area contributed by atoms with Crippen molar-refractivity contribution in [3.8, 4) is 0 Å². The molecule has 1 aromatic rings. The highest BCUT2D eigenvalue weighted by Gasteiger charge is 1.97. The van der Waals surface area contributed by atoms with Crippen LogP contribution in [0, 0.1) is 0 Å². The highest BCUT2D eigenvalue weighted by Crippen LogP contribution is 2.06.